The number of benzene rings is 3. The van der Waals surface area contributed by atoms with E-state index in [1.807, 2.05) is 42.2 Å². The topological polar surface area (TPSA) is 99.1 Å². The number of fused-ring (bicyclic) bond motifs is 2. The van der Waals surface area contributed by atoms with E-state index in [4.69, 9.17) is 14.2 Å². The first-order valence-electron chi connectivity index (χ1n) is 14.7. The number of aryl methyl sites for hydroxylation is 1. The third-order valence-corrected chi connectivity index (χ3v) is 8.61. The number of rotatable bonds is 7. The number of methoxy groups -OCH3 is 1. The van der Waals surface area contributed by atoms with Gasteiger partial charge in [0.1, 0.15) is 23.2 Å². The summed E-state index contributed by atoms with van der Waals surface area (Å²) in [6.07, 6.45) is -0.0211. The number of nitrogens with one attached hydrogen (secondary N) is 1. The van der Waals surface area contributed by atoms with E-state index in [0.29, 0.717) is 36.6 Å². The fraction of sp³-hybridized carbons (Fsp3) is 0.324. The monoisotopic (exact) mass is 617 g/mol. The summed E-state index contributed by atoms with van der Waals surface area (Å²) >= 11 is 0. The predicted molar refractivity (Wildman–Crippen MR) is 164 cm³/mol. The molecule has 1 fully saturated rings. The summed E-state index contributed by atoms with van der Waals surface area (Å²) in [7, 11) is 2.90. The normalized spacial score (nSPS) is 16.8. The number of hydrogen-bond donors (Lipinski definition) is 1. The Kier molecular flexibility index (Phi) is 8.39. The Morgan fingerprint density at radius 1 is 1.02 bits per heavy atom. The van der Waals surface area contributed by atoms with E-state index in [9.17, 15) is 14.4 Å². The molecule has 9 nitrogen and oxygen atoms in total. The number of pyridine rings is 1. The minimum absolute atomic E-state index is 0.0211. The van der Waals surface area contributed by atoms with Gasteiger partial charge in [-0.25, -0.2) is 13.6 Å². The fourth-order valence-corrected chi connectivity index (χ4v) is 6.24. The summed E-state index contributed by atoms with van der Waals surface area (Å²) in [6.45, 7) is 3.67. The molecule has 1 aromatic heterocycles. The first-order valence-corrected chi connectivity index (χ1v) is 14.7. The highest BCUT2D eigenvalue weighted by atomic mass is 19.1. The van der Waals surface area contributed by atoms with Crippen LogP contribution in [0.4, 0.5) is 14.5 Å². The Morgan fingerprint density at radius 3 is 2.49 bits per heavy atom. The largest absolute Gasteiger partial charge is 0.467 e. The molecule has 3 aromatic carbocycles. The maximum atomic E-state index is 15.2. The van der Waals surface area contributed by atoms with Crippen molar-refractivity contribution in [2.45, 2.75) is 38.6 Å². The summed E-state index contributed by atoms with van der Waals surface area (Å²) in [5.41, 5.74) is 3.67. The molecule has 1 saturated heterocycles. The lowest BCUT2D eigenvalue weighted by atomic mass is 9.91. The van der Waals surface area contributed by atoms with Crippen molar-refractivity contribution >= 4 is 28.5 Å². The number of carbonyl (C=O) groups is 2. The summed E-state index contributed by atoms with van der Waals surface area (Å²) in [5, 5.41) is 3.38. The van der Waals surface area contributed by atoms with Gasteiger partial charge in [0.25, 0.3) is 11.5 Å². The second-order valence-corrected chi connectivity index (χ2v) is 11.4. The molecular weight excluding hydrogens is 584 g/mol. The number of anilines is 1. The average Bonchev–Trinajstić information content (AvgIpc) is 3.53. The molecule has 1 amide bonds. The van der Waals surface area contributed by atoms with Gasteiger partial charge in [-0.15, -0.1) is 0 Å². The molecule has 45 heavy (non-hydrogen) atoms. The molecule has 3 heterocycles. The lowest BCUT2D eigenvalue weighted by molar-refractivity contribution is -0.142. The highest BCUT2D eigenvalue weighted by molar-refractivity contribution is 5.97. The van der Waals surface area contributed by atoms with Gasteiger partial charge in [0.05, 0.1) is 39.1 Å². The third kappa shape index (κ3) is 5.69. The first-order chi connectivity index (χ1) is 21.7. The highest BCUT2D eigenvalue weighted by Crippen LogP contribution is 2.34. The number of carbonyl (C=O) groups excluding carboxylic acids is 2. The number of aromatic nitrogens is 1. The van der Waals surface area contributed by atoms with Crippen molar-refractivity contribution in [3.8, 4) is 11.1 Å². The molecular formula is C34H33F2N3O6. The lowest BCUT2D eigenvalue weighted by Gasteiger charge is -2.35. The molecule has 11 heteroatoms. The van der Waals surface area contributed by atoms with E-state index in [-0.39, 0.29) is 31.2 Å². The third-order valence-electron chi connectivity index (χ3n) is 8.61. The van der Waals surface area contributed by atoms with E-state index < -0.39 is 35.1 Å². The van der Waals surface area contributed by atoms with Crippen molar-refractivity contribution in [2.24, 2.45) is 7.05 Å². The number of morpholine rings is 1. The fourth-order valence-electron chi connectivity index (χ4n) is 6.24. The van der Waals surface area contributed by atoms with Crippen LogP contribution in [-0.2, 0) is 45.7 Å². The number of halogens is 2. The quantitative estimate of drug-likeness (QED) is 0.310. The Bertz CT molecular complexity index is 1850. The molecule has 0 unspecified atom stereocenters. The van der Waals surface area contributed by atoms with Gasteiger partial charge in [0.15, 0.2) is 0 Å². The number of ether oxygens (including phenoxy) is 3. The van der Waals surface area contributed by atoms with Crippen LogP contribution in [-0.4, -0.2) is 55.4 Å². The van der Waals surface area contributed by atoms with Crippen molar-refractivity contribution in [3.63, 3.8) is 0 Å². The maximum Gasteiger partial charge on any atom is 0.328 e. The zero-order valence-electron chi connectivity index (χ0n) is 25.2. The molecule has 0 spiro atoms. The Hall–Kier alpha value is -4.61. The van der Waals surface area contributed by atoms with Crippen LogP contribution < -0.4 is 15.8 Å². The number of hydrogen-bond acceptors (Lipinski definition) is 7. The summed E-state index contributed by atoms with van der Waals surface area (Å²) in [6, 6.07) is 13.9. The van der Waals surface area contributed by atoms with E-state index in [1.54, 1.807) is 23.7 Å². The van der Waals surface area contributed by atoms with Gasteiger partial charge >= 0.3 is 5.97 Å². The molecule has 2 aliphatic rings. The maximum absolute atomic E-state index is 15.2. The van der Waals surface area contributed by atoms with Gasteiger partial charge in [-0.05, 0) is 58.8 Å². The van der Waals surface area contributed by atoms with Crippen LogP contribution in [0.2, 0.25) is 0 Å². The van der Waals surface area contributed by atoms with Gasteiger partial charge in [0.2, 0.25) is 0 Å². The van der Waals surface area contributed by atoms with Crippen LogP contribution in [0.25, 0.3) is 22.0 Å². The average molecular weight is 618 g/mol. The highest BCUT2D eigenvalue weighted by Gasteiger charge is 2.30. The summed E-state index contributed by atoms with van der Waals surface area (Å²) in [5.74, 6) is -3.94. The molecule has 1 N–H and O–H groups in total. The molecule has 2 atom stereocenters. The molecule has 0 bridgehead atoms. The van der Waals surface area contributed by atoms with E-state index in [1.165, 1.54) is 7.11 Å². The molecule has 0 radical (unpaired) electrons. The van der Waals surface area contributed by atoms with Crippen LogP contribution in [0.5, 0.6) is 0 Å². The van der Waals surface area contributed by atoms with Crippen LogP contribution in [0.1, 0.15) is 34.0 Å². The second-order valence-electron chi connectivity index (χ2n) is 11.4. The predicted octanol–water partition coefficient (Wildman–Crippen LogP) is 4.25. The number of nitrogens with zero attached hydrogens (tertiary/aromatic N) is 2. The number of esters is 1. The van der Waals surface area contributed by atoms with Crippen molar-refractivity contribution < 1.29 is 32.6 Å². The molecule has 0 aliphatic carbocycles. The van der Waals surface area contributed by atoms with Crippen LogP contribution in [0.3, 0.4) is 0 Å². The Labute approximate surface area is 258 Å². The van der Waals surface area contributed by atoms with Gasteiger partial charge < -0.3 is 29.0 Å². The minimum atomic E-state index is -1.25. The van der Waals surface area contributed by atoms with Gasteiger partial charge in [-0.1, -0.05) is 30.3 Å². The standard InChI is InChI=1S/C34H33F2N3O6/c1-19-16-44-11-10-39(19)22-14-27(35)31(28(36)15-22)32(40)37-29(34(42)43-3)13-20-8-9-23(26-18-45-17-25(20)26)24-12-21-6-4-5-7-30(21)38(2)33(24)41/h4-9,12,14-15,19,29H,10-11,13,16-18H2,1-3H3,(H,37,40)/t19-,29-/m0/s1. The zero-order valence-corrected chi connectivity index (χ0v) is 25.2. The minimum Gasteiger partial charge on any atom is -0.467 e. The Balaban J connectivity index is 1.29. The zero-order chi connectivity index (χ0) is 31.8. The van der Waals surface area contributed by atoms with Gasteiger partial charge in [-0.3, -0.25) is 9.59 Å². The van der Waals surface area contributed by atoms with E-state index >= 15 is 8.78 Å². The van der Waals surface area contributed by atoms with Crippen LogP contribution in [0.15, 0.2) is 59.4 Å². The van der Waals surface area contributed by atoms with Crippen molar-refractivity contribution in [1.29, 1.82) is 0 Å². The van der Waals surface area contributed by atoms with Crippen LogP contribution >= 0.6 is 0 Å². The van der Waals surface area contributed by atoms with Gasteiger partial charge in [0, 0.05) is 37.3 Å². The molecule has 234 valence electrons. The smallest absolute Gasteiger partial charge is 0.328 e. The molecule has 2 aliphatic heterocycles. The van der Waals surface area contributed by atoms with Crippen molar-refractivity contribution in [1.82, 2.24) is 9.88 Å². The lowest BCUT2D eigenvalue weighted by Crippen LogP contribution is -2.44. The van der Waals surface area contributed by atoms with Gasteiger partial charge in [-0.2, -0.15) is 0 Å². The van der Waals surface area contributed by atoms with Crippen LogP contribution in [0, 0.1) is 11.6 Å². The Morgan fingerprint density at radius 2 is 1.76 bits per heavy atom. The number of amides is 1. The molecule has 6 rings (SSSR count). The van der Waals surface area contributed by atoms with Crippen molar-refractivity contribution in [3.05, 3.63) is 98.8 Å². The molecule has 0 saturated carbocycles. The van der Waals surface area contributed by atoms with E-state index in [2.05, 4.69) is 5.32 Å². The summed E-state index contributed by atoms with van der Waals surface area (Å²) < 4.78 is 48.2. The first kappa shape index (κ1) is 30.4. The van der Waals surface area contributed by atoms with E-state index in [0.717, 1.165) is 39.7 Å². The SMILES string of the molecule is COC(=O)[C@H](Cc1ccc(-c2cc3ccccc3n(C)c2=O)c2c1COC2)NC(=O)c1c(F)cc(N2CCOC[C@@H]2C)cc1F. The summed E-state index contributed by atoms with van der Waals surface area (Å²) in [4.78, 5) is 41.2. The molecule has 4 aromatic rings. The number of para-hydroxylation sites is 1. The second kappa shape index (κ2) is 12.4. The van der Waals surface area contributed by atoms with Crippen molar-refractivity contribution in [2.75, 3.05) is 31.8 Å².